The molecule has 0 radical (unpaired) electrons. The van der Waals surface area contributed by atoms with Gasteiger partial charge in [-0.05, 0) is 0 Å². The van der Waals surface area contributed by atoms with Gasteiger partial charge in [0.05, 0.1) is 12.7 Å². The van der Waals surface area contributed by atoms with Gasteiger partial charge in [0.2, 0.25) is 0 Å². The number of hydrogen-bond donors (Lipinski definition) is 2. The van der Waals surface area contributed by atoms with E-state index in [1.807, 2.05) is 0 Å². The van der Waals surface area contributed by atoms with E-state index in [1.165, 1.54) is 7.11 Å². The molecule has 2 N–H and O–H groups in total. The monoisotopic (exact) mass is 148 g/mol. The van der Waals surface area contributed by atoms with Crippen LogP contribution in [-0.2, 0) is 9.47 Å². The molecule has 0 aliphatic carbocycles. The molecule has 0 aromatic rings. The normalized spacial score (nSPS) is 40.5. The highest BCUT2D eigenvalue weighted by Crippen LogP contribution is 2.20. The molecule has 1 heterocycles. The van der Waals surface area contributed by atoms with Crippen molar-refractivity contribution in [2.24, 2.45) is 0 Å². The van der Waals surface area contributed by atoms with E-state index in [-0.39, 0.29) is 18.8 Å². The highest BCUT2D eigenvalue weighted by Gasteiger charge is 2.33. The highest BCUT2D eigenvalue weighted by atomic mass is 16.7. The van der Waals surface area contributed by atoms with Gasteiger partial charge in [0, 0.05) is 13.5 Å². The molecule has 1 saturated heterocycles. The smallest absolute Gasteiger partial charge is 0.181 e. The molecular weight excluding hydrogens is 136 g/mol. The minimum Gasteiger partial charge on any atom is -0.394 e. The molecule has 0 saturated carbocycles. The average molecular weight is 148 g/mol. The SMILES string of the molecule is COC1C[C@@H](CO)O[C@@H]1O. The molecule has 0 aromatic carbocycles. The summed E-state index contributed by atoms with van der Waals surface area (Å²) in [6.45, 7) is -0.0586. The van der Waals surface area contributed by atoms with Gasteiger partial charge in [0.15, 0.2) is 6.29 Å². The van der Waals surface area contributed by atoms with E-state index in [2.05, 4.69) is 0 Å². The molecule has 4 nitrogen and oxygen atoms in total. The summed E-state index contributed by atoms with van der Waals surface area (Å²) in [5, 5.41) is 17.6. The number of hydrogen-bond acceptors (Lipinski definition) is 4. The van der Waals surface area contributed by atoms with Gasteiger partial charge in [-0.25, -0.2) is 0 Å². The molecule has 10 heavy (non-hydrogen) atoms. The fraction of sp³-hybridized carbons (Fsp3) is 1.00. The van der Waals surface area contributed by atoms with Gasteiger partial charge in [-0.15, -0.1) is 0 Å². The van der Waals surface area contributed by atoms with Crippen molar-refractivity contribution in [1.29, 1.82) is 0 Å². The Hall–Kier alpha value is -0.160. The molecule has 4 heteroatoms. The second kappa shape index (κ2) is 3.30. The van der Waals surface area contributed by atoms with Crippen LogP contribution in [0.2, 0.25) is 0 Å². The Morgan fingerprint density at radius 1 is 1.70 bits per heavy atom. The van der Waals surface area contributed by atoms with Gasteiger partial charge in [-0.1, -0.05) is 0 Å². The lowest BCUT2D eigenvalue weighted by Gasteiger charge is -2.08. The van der Waals surface area contributed by atoms with E-state index in [0.29, 0.717) is 6.42 Å². The van der Waals surface area contributed by atoms with Crippen molar-refractivity contribution < 1.29 is 19.7 Å². The largest absolute Gasteiger partial charge is 0.394 e. The minimum absolute atomic E-state index is 0.0586. The minimum atomic E-state index is -0.873. The van der Waals surface area contributed by atoms with Crippen molar-refractivity contribution >= 4 is 0 Å². The summed E-state index contributed by atoms with van der Waals surface area (Å²) in [5.41, 5.74) is 0. The molecule has 1 aliphatic rings. The van der Waals surface area contributed by atoms with E-state index in [0.717, 1.165) is 0 Å². The lowest BCUT2D eigenvalue weighted by atomic mass is 10.2. The number of methoxy groups -OCH3 is 1. The Bertz CT molecular complexity index is 106. The van der Waals surface area contributed by atoms with Crippen molar-refractivity contribution in [3.63, 3.8) is 0 Å². The highest BCUT2D eigenvalue weighted by molar-refractivity contribution is 4.75. The fourth-order valence-corrected chi connectivity index (χ4v) is 1.05. The Morgan fingerprint density at radius 2 is 2.40 bits per heavy atom. The van der Waals surface area contributed by atoms with Crippen molar-refractivity contribution in [2.45, 2.75) is 24.9 Å². The summed E-state index contributed by atoms with van der Waals surface area (Å²) < 4.78 is 9.76. The predicted molar refractivity (Wildman–Crippen MR) is 33.4 cm³/mol. The average Bonchev–Trinajstić information content (AvgIpc) is 2.30. The fourth-order valence-electron chi connectivity index (χ4n) is 1.05. The van der Waals surface area contributed by atoms with Gasteiger partial charge >= 0.3 is 0 Å². The quantitative estimate of drug-likeness (QED) is 0.533. The first kappa shape index (κ1) is 7.94. The van der Waals surface area contributed by atoms with Crippen LogP contribution in [0.5, 0.6) is 0 Å². The van der Waals surface area contributed by atoms with Crippen LogP contribution in [0.1, 0.15) is 6.42 Å². The molecular formula is C6H12O4. The molecule has 1 unspecified atom stereocenters. The molecule has 0 bridgehead atoms. The van der Waals surface area contributed by atoms with E-state index < -0.39 is 6.29 Å². The summed E-state index contributed by atoms with van der Waals surface area (Å²) in [6.07, 6.45) is -0.854. The summed E-state index contributed by atoms with van der Waals surface area (Å²) >= 11 is 0. The maximum Gasteiger partial charge on any atom is 0.181 e. The number of ether oxygens (including phenoxy) is 2. The van der Waals surface area contributed by atoms with Crippen molar-refractivity contribution in [3.05, 3.63) is 0 Å². The second-order valence-electron chi connectivity index (χ2n) is 2.34. The summed E-state index contributed by atoms with van der Waals surface area (Å²) in [6, 6.07) is 0. The van der Waals surface area contributed by atoms with Crippen LogP contribution in [0.4, 0.5) is 0 Å². The first-order valence-electron chi connectivity index (χ1n) is 3.25. The summed E-state index contributed by atoms with van der Waals surface area (Å²) in [5.74, 6) is 0. The topological polar surface area (TPSA) is 58.9 Å². The Balaban J connectivity index is 2.36. The van der Waals surface area contributed by atoms with Crippen molar-refractivity contribution in [1.82, 2.24) is 0 Å². The first-order valence-corrected chi connectivity index (χ1v) is 3.25. The zero-order chi connectivity index (χ0) is 7.56. The Labute approximate surface area is 59.4 Å². The molecule has 1 rings (SSSR count). The molecule has 1 fully saturated rings. The van der Waals surface area contributed by atoms with Crippen LogP contribution in [0.3, 0.4) is 0 Å². The van der Waals surface area contributed by atoms with Crippen LogP contribution >= 0.6 is 0 Å². The molecule has 60 valence electrons. The summed E-state index contributed by atoms with van der Waals surface area (Å²) in [4.78, 5) is 0. The Morgan fingerprint density at radius 3 is 2.70 bits per heavy atom. The second-order valence-corrected chi connectivity index (χ2v) is 2.34. The summed E-state index contributed by atoms with van der Waals surface area (Å²) in [7, 11) is 1.51. The van der Waals surface area contributed by atoms with Crippen molar-refractivity contribution in [2.75, 3.05) is 13.7 Å². The maximum atomic E-state index is 9.03. The third-order valence-electron chi connectivity index (χ3n) is 1.65. The van der Waals surface area contributed by atoms with Gasteiger partial charge in [-0.3, -0.25) is 0 Å². The molecule has 0 amide bonds. The molecule has 0 aromatic heterocycles. The van der Waals surface area contributed by atoms with Gasteiger partial charge in [0.1, 0.15) is 6.10 Å². The van der Waals surface area contributed by atoms with E-state index in [1.54, 1.807) is 0 Å². The zero-order valence-corrected chi connectivity index (χ0v) is 5.86. The van der Waals surface area contributed by atoms with Crippen LogP contribution in [0, 0.1) is 0 Å². The lowest BCUT2D eigenvalue weighted by molar-refractivity contribution is -0.139. The molecule has 3 atom stereocenters. The van der Waals surface area contributed by atoms with E-state index in [9.17, 15) is 0 Å². The molecule has 0 spiro atoms. The van der Waals surface area contributed by atoms with Gasteiger partial charge < -0.3 is 19.7 Å². The first-order chi connectivity index (χ1) is 4.77. The van der Waals surface area contributed by atoms with Gasteiger partial charge in [-0.2, -0.15) is 0 Å². The number of aliphatic hydroxyl groups is 2. The van der Waals surface area contributed by atoms with E-state index >= 15 is 0 Å². The zero-order valence-electron chi connectivity index (χ0n) is 5.86. The predicted octanol–water partition coefficient (Wildman–Crippen LogP) is -0.899. The maximum absolute atomic E-state index is 9.03. The van der Waals surface area contributed by atoms with Crippen LogP contribution in [0.15, 0.2) is 0 Å². The number of aliphatic hydroxyl groups excluding tert-OH is 2. The number of rotatable bonds is 2. The molecule has 1 aliphatic heterocycles. The van der Waals surface area contributed by atoms with Crippen LogP contribution < -0.4 is 0 Å². The van der Waals surface area contributed by atoms with Crippen LogP contribution in [0.25, 0.3) is 0 Å². The standard InChI is InChI=1S/C6H12O4/c1-9-5-2-4(3-7)10-6(5)8/h4-8H,2-3H2,1H3/t4-,5?,6-/m0/s1. The van der Waals surface area contributed by atoms with E-state index in [4.69, 9.17) is 19.7 Å². The lowest BCUT2D eigenvalue weighted by Crippen LogP contribution is -2.21. The van der Waals surface area contributed by atoms with Crippen molar-refractivity contribution in [3.8, 4) is 0 Å². The van der Waals surface area contributed by atoms with Gasteiger partial charge in [0.25, 0.3) is 0 Å². The third kappa shape index (κ3) is 1.46. The third-order valence-corrected chi connectivity index (χ3v) is 1.65. The van der Waals surface area contributed by atoms with Crippen LogP contribution in [-0.4, -0.2) is 42.4 Å². The Kier molecular flexibility index (Phi) is 2.62.